The molecule has 0 saturated carbocycles. The summed E-state index contributed by atoms with van der Waals surface area (Å²) in [5.74, 6) is -0.0128. The summed E-state index contributed by atoms with van der Waals surface area (Å²) in [7, 11) is 0. The summed E-state index contributed by atoms with van der Waals surface area (Å²) in [6.45, 7) is 3.93. The fraction of sp³-hybridized carbons (Fsp3) is 0.500. The van der Waals surface area contributed by atoms with Crippen LogP contribution >= 0.6 is 0 Å². The summed E-state index contributed by atoms with van der Waals surface area (Å²) >= 11 is 0. The van der Waals surface area contributed by atoms with Gasteiger partial charge in [-0.2, -0.15) is 0 Å². The van der Waals surface area contributed by atoms with Gasteiger partial charge in [-0.15, -0.1) is 0 Å². The van der Waals surface area contributed by atoms with Gasteiger partial charge in [-0.1, -0.05) is 30.3 Å². The monoisotopic (exact) mass is 300 g/mol. The van der Waals surface area contributed by atoms with E-state index in [2.05, 4.69) is 4.90 Å². The summed E-state index contributed by atoms with van der Waals surface area (Å²) in [5, 5.41) is 10.7. The minimum Gasteiger partial charge on any atom is -0.387 e. The van der Waals surface area contributed by atoms with Gasteiger partial charge in [0, 0.05) is 19.2 Å². The van der Waals surface area contributed by atoms with Crippen LogP contribution in [-0.2, 0) is 4.79 Å². The number of rotatable bonds is 4. The summed E-state index contributed by atoms with van der Waals surface area (Å²) in [6.07, 6.45) is 6.56. The zero-order chi connectivity index (χ0) is 15.4. The van der Waals surface area contributed by atoms with Crippen molar-refractivity contribution in [3.8, 4) is 0 Å². The number of hydrogen-bond donors (Lipinski definition) is 1. The lowest BCUT2D eigenvalue weighted by molar-refractivity contribution is -0.126. The number of aliphatic hydroxyl groups is 1. The van der Waals surface area contributed by atoms with Gasteiger partial charge in [0.25, 0.3) is 0 Å². The van der Waals surface area contributed by atoms with E-state index in [0.717, 1.165) is 18.7 Å². The Hall–Kier alpha value is -1.65. The molecule has 2 heterocycles. The zero-order valence-electron chi connectivity index (χ0n) is 12.9. The molecule has 118 valence electrons. The second-order valence-electron chi connectivity index (χ2n) is 6.46. The highest BCUT2D eigenvalue weighted by Crippen LogP contribution is 2.24. The molecule has 4 nitrogen and oxygen atoms in total. The average molecular weight is 300 g/mol. The number of benzene rings is 1. The molecule has 2 saturated heterocycles. The van der Waals surface area contributed by atoms with Crippen molar-refractivity contribution < 1.29 is 9.90 Å². The topological polar surface area (TPSA) is 43.8 Å². The first-order valence-electron chi connectivity index (χ1n) is 8.11. The van der Waals surface area contributed by atoms with Crippen LogP contribution in [0.3, 0.4) is 0 Å². The molecule has 2 aliphatic heterocycles. The van der Waals surface area contributed by atoms with E-state index in [1.54, 1.807) is 11.0 Å². The Kier molecular flexibility index (Phi) is 4.60. The summed E-state index contributed by atoms with van der Waals surface area (Å²) in [6, 6.07) is 9.80. The number of β-amino-alcohol motifs (C(OH)–C–C–N with tert-alkyl or cyclic N) is 1. The van der Waals surface area contributed by atoms with Gasteiger partial charge >= 0.3 is 0 Å². The minimum atomic E-state index is -0.736. The van der Waals surface area contributed by atoms with Crippen LogP contribution in [0.5, 0.6) is 0 Å². The highest BCUT2D eigenvalue weighted by Gasteiger charge is 2.39. The normalized spacial score (nSPS) is 26.1. The van der Waals surface area contributed by atoms with Crippen molar-refractivity contribution in [2.24, 2.45) is 0 Å². The summed E-state index contributed by atoms with van der Waals surface area (Å²) < 4.78 is 0. The standard InChI is InChI=1S/C18H24N2O2/c21-17(9-8-16-6-2-1-3-7-16)20-13-10-18(22,15-20)14-19-11-4-5-12-19/h1-3,6-9,22H,4-5,10-15H2/b9-8+. The smallest absolute Gasteiger partial charge is 0.246 e. The Balaban J connectivity index is 1.55. The Labute approximate surface area is 132 Å². The van der Waals surface area contributed by atoms with Crippen molar-refractivity contribution in [2.45, 2.75) is 24.9 Å². The average Bonchev–Trinajstić information content (AvgIpc) is 3.16. The van der Waals surface area contributed by atoms with Crippen LogP contribution in [0.25, 0.3) is 6.08 Å². The molecule has 22 heavy (non-hydrogen) atoms. The van der Waals surface area contributed by atoms with Crippen LogP contribution in [0, 0.1) is 0 Å². The fourth-order valence-electron chi connectivity index (χ4n) is 3.37. The van der Waals surface area contributed by atoms with Crippen LogP contribution in [-0.4, -0.2) is 59.1 Å². The second-order valence-corrected chi connectivity index (χ2v) is 6.46. The third kappa shape index (κ3) is 3.76. The Morgan fingerprint density at radius 3 is 2.64 bits per heavy atom. The van der Waals surface area contributed by atoms with Crippen LogP contribution in [0.1, 0.15) is 24.8 Å². The van der Waals surface area contributed by atoms with Crippen LogP contribution < -0.4 is 0 Å². The van der Waals surface area contributed by atoms with Crippen LogP contribution in [0.2, 0.25) is 0 Å². The maximum atomic E-state index is 12.3. The Bertz CT molecular complexity index is 537. The number of hydrogen-bond acceptors (Lipinski definition) is 3. The number of carbonyl (C=O) groups excluding carboxylic acids is 1. The van der Waals surface area contributed by atoms with Gasteiger partial charge in [0.2, 0.25) is 5.91 Å². The molecular weight excluding hydrogens is 276 g/mol. The van der Waals surface area contributed by atoms with Gasteiger partial charge in [-0.05, 0) is 44.0 Å². The van der Waals surface area contributed by atoms with Gasteiger partial charge in [0.1, 0.15) is 0 Å². The SMILES string of the molecule is O=C(/C=C/c1ccccc1)N1CCC(O)(CN2CCCC2)C1. The van der Waals surface area contributed by atoms with E-state index in [4.69, 9.17) is 0 Å². The van der Waals surface area contributed by atoms with Crippen molar-refractivity contribution in [3.63, 3.8) is 0 Å². The molecule has 1 aromatic carbocycles. The first-order valence-corrected chi connectivity index (χ1v) is 8.11. The van der Waals surface area contributed by atoms with E-state index in [1.807, 2.05) is 36.4 Å². The van der Waals surface area contributed by atoms with E-state index in [0.29, 0.717) is 26.1 Å². The molecule has 3 rings (SSSR count). The van der Waals surface area contributed by atoms with Crippen molar-refractivity contribution in [2.75, 3.05) is 32.7 Å². The minimum absolute atomic E-state index is 0.0128. The highest BCUT2D eigenvalue weighted by atomic mass is 16.3. The first-order chi connectivity index (χ1) is 10.6. The van der Waals surface area contributed by atoms with E-state index in [-0.39, 0.29) is 5.91 Å². The molecule has 0 spiro atoms. The van der Waals surface area contributed by atoms with Gasteiger partial charge in [0.05, 0.1) is 12.1 Å². The molecule has 1 atom stereocenters. The quantitative estimate of drug-likeness (QED) is 0.862. The van der Waals surface area contributed by atoms with Crippen molar-refractivity contribution in [1.29, 1.82) is 0 Å². The van der Waals surface area contributed by atoms with E-state index in [1.165, 1.54) is 12.8 Å². The van der Waals surface area contributed by atoms with Crippen molar-refractivity contribution in [3.05, 3.63) is 42.0 Å². The molecule has 1 N–H and O–H groups in total. The molecule has 0 radical (unpaired) electrons. The largest absolute Gasteiger partial charge is 0.387 e. The molecule has 0 aromatic heterocycles. The lowest BCUT2D eigenvalue weighted by Gasteiger charge is -2.28. The Morgan fingerprint density at radius 1 is 1.18 bits per heavy atom. The van der Waals surface area contributed by atoms with Crippen molar-refractivity contribution >= 4 is 12.0 Å². The van der Waals surface area contributed by atoms with E-state index < -0.39 is 5.60 Å². The fourth-order valence-corrected chi connectivity index (χ4v) is 3.37. The Morgan fingerprint density at radius 2 is 1.91 bits per heavy atom. The predicted octanol–water partition coefficient (Wildman–Crippen LogP) is 1.76. The molecule has 0 bridgehead atoms. The van der Waals surface area contributed by atoms with Crippen LogP contribution in [0.15, 0.2) is 36.4 Å². The predicted molar refractivity (Wildman–Crippen MR) is 87.3 cm³/mol. The lowest BCUT2D eigenvalue weighted by atomic mass is 10.0. The number of amides is 1. The maximum absolute atomic E-state index is 12.3. The number of nitrogens with zero attached hydrogens (tertiary/aromatic N) is 2. The first kappa shape index (κ1) is 15.3. The molecule has 0 aliphatic carbocycles. The molecule has 1 amide bonds. The van der Waals surface area contributed by atoms with E-state index in [9.17, 15) is 9.90 Å². The molecule has 4 heteroatoms. The number of likely N-dealkylation sites (tertiary alicyclic amines) is 2. The molecule has 2 fully saturated rings. The molecular formula is C18H24N2O2. The second kappa shape index (κ2) is 6.63. The summed E-state index contributed by atoms with van der Waals surface area (Å²) in [5.41, 5.74) is 0.281. The van der Waals surface area contributed by atoms with Gasteiger partial charge in [0.15, 0.2) is 0 Å². The molecule has 2 aliphatic rings. The lowest BCUT2D eigenvalue weighted by Crippen LogP contribution is -2.44. The van der Waals surface area contributed by atoms with Gasteiger partial charge < -0.3 is 14.9 Å². The zero-order valence-corrected chi connectivity index (χ0v) is 12.9. The van der Waals surface area contributed by atoms with Gasteiger partial charge in [-0.25, -0.2) is 0 Å². The molecule has 1 aromatic rings. The third-order valence-electron chi connectivity index (χ3n) is 4.58. The maximum Gasteiger partial charge on any atom is 0.246 e. The highest BCUT2D eigenvalue weighted by molar-refractivity contribution is 5.92. The van der Waals surface area contributed by atoms with Crippen molar-refractivity contribution in [1.82, 2.24) is 9.80 Å². The third-order valence-corrected chi connectivity index (χ3v) is 4.58. The summed E-state index contributed by atoms with van der Waals surface area (Å²) in [4.78, 5) is 16.3. The van der Waals surface area contributed by atoms with Crippen LogP contribution in [0.4, 0.5) is 0 Å². The van der Waals surface area contributed by atoms with E-state index >= 15 is 0 Å². The van der Waals surface area contributed by atoms with Gasteiger partial charge in [-0.3, -0.25) is 4.79 Å². The number of carbonyl (C=O) groups is 1. The molecule has 1 unspecified atom stereocenters.